The van der Waals surface area contributed by atoms with Gasteiger partial charge in [-0.15, -0.1) is 0 Å². The molecule has 0 spiro atoms. The Labute approximate surface area is 231 Å². The Hall–Kier alpha value is -3.14. The Kier molecular flexibility index (Phi) is 15.8. The highest BCUT2D eigenvalue weighted by Gasteiger charge is 2.38. The normalized spacial score (nSPS) is 13.1. The van der Waals surface area contributed by atoms with Gasteiger partial charge in [-0.25, -0.2) is 4.79 Å². The van der Waals surface area contributed by atoms with Crippen molar-refractivity contribution in [3.8, 4) is 11.5 Å². The van der Waals surface area contributed by atoms with Crippen molar-refractivity contribution in [3.63, 3.8) is 0 Å². The van der Waals surface area contributed by atoms with Crippen molar-refractivity contribution in [1.29, 1.82) is 0 Å². The number of nitrogens with two attached hydrogens (primary N) is 1. The van der Waals surface area contributed by atoms with Crippen molar-refractivity contribution < 1.29 is 42.9 Å². The van der Waals surface area contributed by atoms with E-state index in [0.717, 1.165) is 25.7 Å². The molecule has 0 radical (unpaired) electrons. The molecular weight excluding hydrogens is 506 g/mol. The van der Waals surface area contributed by atoms with Gasteiger partial charge in [0, 0.05) is 25.7 Å². The number of carbonyl (C=O) groups is 4. The molecule has 39 heavy (non-hydrogen) atoms. The van der Waals surface area contributed by atoms with Crippen LogP contribution < -0.4 is 15.2 Å². The number of benzene rings is 1. The number of hydrogen-bond donors (Lipinski definition) is 1. The Morgan fingerprint density at radius 3 is 2.00 bits per heavy atom. The second-order valence-electron chi connectivity index (χ2n) is 9.70. The highest BCUT2D eigenvalue weighted by molar-refractivity contribution is 5.81. The molecule has 1 aromatic carbocycles. The maximum atomic E-state index is 12.7. The van der Waals surface area contributed by atoms with Gasteiger partial charge < -0.3 is 29.4 Å². The second-order valence-corrected chi connectivity index (χ2v) is 9.70. The molecule has 0 saturated heterocycles. The monoisotopic (exact) mass is 551 g/mol. The molecule has 0 aliphatic heterocycles. The Morgan fingerprint density at radius 1 is 0.872 bits per heavy atom. The SMILES string of the molecule is CCCCCC(=O)Oc1ccc(CC(N)(C[C@H](C)OC(=O)OCCC)C(=O)OC)cc1OC(=O)CCCCC. The molecular formula is C29H45NO9. The number of hydrogen-bond acceptors (Lipinski definition) is 10. The molecule has 2 N–H and O–H groups in total. The zero-order chi connectivity index (χ0) is 29.3. The van der Waals surface area contributed by atoms with Crippen LogP contribution in [-0.4, -0.2) is 49.4 Å². The summed E-state index contributed by atoms with van der Waals surface area (Å²) in [5.74, 6) is -1.41. The lowest BCUT2D eigenvalue weighted by molar-refractivity contribution is -0.148. The Morgan fingerprint density at radius 2 is 1.46 bits per heavy atom. The minimum Gasteiger partial charge on any atom is -0.468 e. The third-order valence-electron chi connectivity index (χ3n) is 5.91. The first-order valence-electron chi connectivity index (χ1n) is 13.8. The Balaban J connectivity index is 3.16. The van der Waals surface area contributed by atoms with Gasteiger partial charge in [0.25, 0.3) is 0 Å². The van der Waals surface area contributed by atoms with E-state index in [0.29, 0.717) is 24.8 Å². The van der Waals surface area contributed by atoms with Gasteiger partial charge in [-0.05, 0) is 43.9 Å². The number of carbonyl (C=O) groups excluding carboxylic acids is 4. The van der Waals surface area contributed by atoms with E-state index in [-0.39, 0.29) is 43.8 Å². The third kappa shape index (κ3) is 13.0. The van der Waals surface area contributed by atoms with Crippen LogP contribution in [-0.2, 0) is 35.0 Å². The fourth-order valence-corrected chi connectivity index (χ4v) is 3.95. The molecule has 0 heterocycles. The number of unbranched alkanes of at least 4 members (excludes halogenated alkanes) is 4. The second kappa shape index (κ2) is 18.2. The fourth-order valence-electron chi connectivity index (χ4n) is 3.95. The summed E-state index contributed by atoms with van der Waals surface area (Å²) in [6, 6.07) is 4.67. The van der Waals surface area contributed by atoms with Gasteiger partial charge in [0.05, 0.1) is 13.7 Å². The van der Waals surface area contributed by atoms with E-state index in [4.69, 9.17) is 29.4 Å². The van der Waals surface area contributed by atoms with Crippen molar-refractivity contribution in [2.45, 2.75) is 110 Å². The van der Waals surface area contributed by atoms with Crippen LogP contribution in [0.4, 0.5) is 4.79 Å². The van der Waals surface area contributed by atoms with Crippen LogP contribution in [0, 0.1) is 0 Å². The summed E-state index contributed by atoms with van der Waals surface area (Å²) in [6.45, 7) is 7.74. The van der Waals surface area contributed by atoms with Crippen LogP contribution in [0.1, 0.15) is 97.5 Å². The maximum Gasteiger partial charge on any atom is 0.508 e. The first-order chi connectivity index (χ1) is 18.6. The topological polar surface area (TPSA) is 140 Å². The molecule has 0 bridgehead atoms. The smallest absolute Gasteiger partial charge is 0.468 e. The molecule has 1 unspecified atom stereocenters. The highest BCUT2D eigenvalue weighted by atomic mass is 16.7. The van der Waals surface area contributed by atoms with Crippen LogP contribution in [0.3, 0.4) is 0 Å². The molecule has 0 aliphatic rings. The van der Waals surface area contributed by atoms with E-state index in [1.165, 1.54) is 19.2 Å². The molecule has 1 aromatic rings. The summed E-state index contributed by atoms with van der Waals surface area (Å²) < 4.78 is 26.2. The summed E-state index contributed by atoms with van der Waals surface area (Å²) in [5.41, 5.74) is 5.44. The van der Waals surface area contributed by atoms with Gasteiger partial charge in [-0.3, -0.25) is 14.4 Å². The summed E-state index contributed by atoms with van der Waals surface area (Å²) in [5, 5.41) is 0. The molecule has 220 valence electrons. The molecule has 0 aromatic heterocycles. The maximum absolute atomic E-state index is 12.7. The lowest BCUT2D eigenvalue weighted by Crippen LogP contribution is -2.53. The fraction of sp³-hybridized carbons (Fsp3) is 0.655. The van der Waals surface area contributed by atoms with Crippen molar-refractivity contribution >= 4 is 24.1 Å². The van der Waals surface area contributed by atoms with Gasteiger partial charge >= 0.3 is 24.1 Å². The Bertz CT molecular complexity index is 933. The lowest BCUT2D eigenvalue weighted by Gasteiger charge is -2.29. The van der Waals surface area contributed by atoms with Gasteiger partial charge in [-0.1, -0.05) is 52.5 Å². The quantitative estimate of drug-likeness (QED) is 0.143. The molecule has 0 aliphatic carbocycles. The predicted molar refractivity (Wildman–Crippen MR) is 145 cm³/mol. The first-order valence-corrected chi connectivity index (χ1v) is 13.8. The van der Waals surface area contributed by atoms with E-state index >= 15 is 0 Å². The zero-order valence-corrected chi connectivity index (χ0v) is 24.0. The van der Waals surface area contributed by atoms with Crippen LogP contribution in [0.5, 0.6) is 11.5 Å². The highest BCUT2D eigenvalue weighted by Crippen LogP contribution is 2.32. The summed E-state index contributed by atoms with van der Waals surface area (Å²) in [7, 11) is 1.22. The summed E-state index contributed by atoms with van der Waals surface area (Å²) in [4.78, 5) is 49.4. The number of rotatable bonds is 18. The zero-order valence-electron chi connectivity index (χ0n) is 24.0. The van der Waals surface area contributed by atoms with Gasteiger partial charge in [-0.2, -0.15) is 0 Å². The van der Waals surface area contributed by atoms with E-state index in [1.54, 1.807) is 13.0 Å². The molecule has 0 amide bonds. The molecule has 10 nitrogen and oxygen atoms in total. The standard InChI is InChI=1S/C29H45NO9/c1-6-9-11-13-25(31)38-23-16-15-22(18-24(23)39-26(32)14-12-10-7-2)20-29(30,27(33)35-5)19-21(4)37-28(34)36-17-8-3/h15-16,18,21H,6-14,17,19-20,30H2,1-5H3/t21-,29?/m0/s1. The largest absolute Gasteiger partial charge is 0.508 e. The van der Waals surface area contributed by atoms with E-state index in [9.17, 15) is 19.2 Å². The van der Waals surface area contributed by atoms with E-state index in [2.05, 4.69) is 0 Å². The minimum atomic E-state index is -1.57. The van der Waals surface area contributed by atoms with Crippen molar-refractivity contribution in [3.05, 3.63) is 23.8 Å². The van der Waals surface area contributed by atoms with E-state index in [1.807, 2.05) is 20.8 Å². The molecule has 1 rings (SSSR count). The summed E-state index contributed by atoms with van der Waals surface area (Å²) in [6.07, 6.45) is 4.49. The van der Waals surface area contributed by atoms with Gasteiger partial charge in [0.15, 0.2) is 11.5 Å². The number of esters is 3. The van der Waals surface area contributed by atoms with Crippen molar-refractivity contribution in [2.24, 2.45) is 5.73 Å². The van der Waals surface area contributed by atoms with Crippen LogP contribution in [0.2, 0.25) is 0 Å². The number of methoxy groups -OCH3 is 1. The van der Waals surface area contributed by atoms with Crippen LogP contribution in [0.25, 0.3) is 0 Å². The van der Waals surface area contributed by atoms with Crippen molar-refractivity contribution in [1.82, 2.24) is 0 Å². The molecule has 10 heteroatoms. The molecule has 2 atom stereocenters. The average molecular weight is 552 g/mol. The van der Waals surface area contributed by atoms with Crippen molar-refractivity contribution in [2.75, 3.05) is 13.7 Å². The van der Waals surface area contributed by atoms with Crippen LogP contribution >= 0.6 is 0 Å². The van der Waals surface area contributed by atoms with E-state index < -0.39 is 35.7 Å². The van der Waals surface area contributed by atoms with Gasteiger partial charge in [0.1, 0.15) is 11.6 Å². The predicted octanol–water partition coefficient (Wildman–Crippen LogP) is 5.41. The lowest BCUT2D eigenvalue weighted by atomic mass is 9.86. The third-order valence-corrected chi connectivity index (χ3v) is 5.91. The first kappa shape index (κ1) is 33.9. The summed E-state index contributed by atoms with van der Waals surface area (Å²) >= 11 is 0. The number of ether oxygens (including phenoxy) is 5. The molecule has 0 saturated carbocycles. The van der Waals surface area contributed by atoms with Gasteiger partial charge in [0.2, 0.25) is 0 Å². The minimum absolute atomic E-state index is 0.0253. The molecule has 0 fully saturated rings. The van der Waals surface area contributed by atoms with Crippen LogP contribution in [0.15, 0.2) is 18.2 Å². The average Bonchev–Trinajstić information content (AvgIpc) is 2.88.